The van der Waals surface area contributed by atoms with Crippen molar-refractivity contribution in [3.63, 3.8) is 0 Å². The Morgan fingerprint density at radius 3 is 2.30 bits per heavy atom. The molecule has 0 amide bonds. The van der Waals surface area contributed by atoms with Crippen molar-refractivity contribution in [2.45, 2.75) is 13.8 Å². The Balaban J connectivity index is 2.25. The highest BCUT2D eigenvalue weighted by atomic mass is 35.5. The van der Waals surface area contributed by atoms with Crippen molar-refractivity contribution < 1.29 is 0 Å². The third-order valence-corrected chi connectivity index (χ3v) is 4.15. The molecule has 2 aromatic carbocycles. The summed E-state index contributed by atoms with van der Waals surface area (Å²) in [6.07, 6.45) is 0. The summed E-state index contributed by atoms with van der Waals surface area (Å²) in [6, 6.07) is 20.0. The second kappa shape index (κ2) is 6.24. The molecule has 0 radical (unpaired) electrons. The molecule has 0 unspecified atom stereocenters. The van der Waals surface area contributed by atoms with Crippen LogP contribution in [0.1, 0.15) is 16.8 Å². The Hall–Kier alpha value is -2.63. The number of aromatic nitrogens is 1. The second-order valence-electron chi connectivity index (χ2n) is 5.47. The lowest BCUT2D eigenvalue weighted by molar-refractivity contribution is 1.18. The number of hydrogen-bond donors (Lipinski definition) is 0. The molecule has 0 fully saturated rings. The van der Waals surface area contributed by atoms with Crippen LogP contribution in [0.2, 0.25) is 5.02 Å². The van der Waals surface area contributed by atoms with E-state index in [2.05, 4.69) is 30.1 Å². The van der Waals surface area contributed by atoms with Gasteiger partial charge in [0.15, 0.2) is 0 Å². The number of nitriles is 1. The quantitative estimate of drug-likeness (QED) is 0.620. The van der Waals surface area contributed by atoms with Crippen LogP contribution in [0, 0.1) is 25.2 Å². The van der Waals surface area contributed by atoms with Crippen LogP contribution in [0.15, 0.2) is 54.6 Å². The first-order valence-corrected chi connectivity index (χ1v) is 7.71. The minimum atomic E-state index is 0.564. The van der Waals surface area contributed by atoms with E-state index in [4.69, 9.17) is 11.6 Å². The Morgan fingerprint density at radius 1 is 0.957 bits per heavy atom. The lowest BCUT2D eigenvalue weighted by Crippen LogP contribution is -1.96. The van der Waals surface area contributed by atoms with Crippen LogP contribution in [0.5, 0.6) is 0 Å². The first-order chi connectivity index (χ1) is 11.1. The van der Waals surface area contributed by atoms with E-state index in [9.17, 15) is 5.26 Å². The third-order valence-electron chi connectivity index (χ3n) is 3.82. The number of benzene rings is 2. The van der Waals surface area contributed by atoms with Crippen LogP contribution >= 0.6 is 11.6 Å². The molecule has 3 heteroatoms. The molecule has 3 aromatic rings. The lowest BCUT2D eigenvalue weighted by atomic mass is 9.97. The topological polar surface area (TPSA) is 36.7 Å². The van der Waals surface area contributed by atoms with Crippen molar-refractivity contribution in [3.05, 3.63) is 76.4 Å². The monoisotopic (exact) mass is 318 g/mol. The van der Waals surface area contributed by atoms with Gasteiger partial charge in [0.1, 0.15) is 6.07 Å². The Labute approximate surface area is 141 Å². The smallest absolute Gasteiger partial charge is 0.102 e. The number of nitrogens with zero attached hydrogens (tertiary/aromatic N) is 2. The fourth-order valence-electron chi connectivity index (χ4n) is 2.58. The maximum atomic E-state index is 9.52. The maximum absolute atomic E-state index is 9.52. The number of halogens is 1. The fourth-order valence-corrected chi connectivity index (χ4v) is 2.82. The molecule has 0 saturated carbocycles. The van der Waals surface area contributed by atoms with Crippen molar-refractivity contribution in [2.75, 3.05) is 0 Å². The molecule has 0 bridgehead atoms. The average Bonchev–Trinajstić information content (AvgIpc) is 2.55. The summed E-state index contributed by atoms with van der Waals surface area (Å²) in [5, 5.41) is 10.1. The van der Waals surface area contributed by atoms with Gasteiger partial charge in [-0.3, -0.25) is 4.98 Å². The molecule has 1 aromatic heterocycles. The van der Waals surface area contributed by atoms with Gasteiger partial charge in [-0.2, -0.15) is 5.26 Å². The average molecular weight is 319 g/mol. The van der Waals surface area contributed by atoms with Gasteiger partial charge in [0, 0.05) is 21.7 Å². The SMILES string of the molecule is Cc1ccc(-c2cc(-c3ccccc3Cl)c(C#N)c(C)n2)cc1. The number of aryl methyl sites for hydroxylation is 2. The summed E-state index contributed by atoms with van der Waals surface area (Å²) in [4.78, 5) is 4.59. The fraction of sp³-hybridized carbons (Fsp3) is 0.100. The van der Waals surface area contributed by atoms with Crippen molar-refractivity contribution in [1.82, 2.24) is 4.98 Å². The van der Waals surface area contributed by atoms with Gasteiger partial charge in [-0.15, -0.1) is 0 Å². The van der Waals surface area contributed by atoms with Gasteiger partial charge in [-0.1, -0.05) is 59.6 Å². The van der Waals surface area contributed by atoms with Gasteiger partial charge in [0.2, 0.25) is 0 Å². The van der Waals surface area contributed by atoms with Crippen LogP contribution in [-0.2, 0) is 0 Å². The Bertz CT molecular complexity index is 906. The second-order valence-corrected chi connectivity index (χ2v) is 5.88. The highest BCUT2D eigenvalue weighted by Gasteiger charge is 2.14. The van der Waals surface area contributed by atoms with E-state index in [0.29, 0.717) is 16.3 Å². The summed E-state index contributed by atoms with van der Waals surface area (Å²) in [5.41, 5.74) is 6.01. The summed E-state index contributed by atoms with van der Waals surface area (Å²) in [6.45, 7) is 3.91. The highest BCUT2D eigenvalue weighted by Crippen LogP contribution is 2.33. The van der Waals surface area contributed by atoms with Crippen molar-refractivity contribution in [2.24, 2.45) is 0 Å². The van der Waals surface area contributed by atoms with Crippen LogP contribution < -0.4 is 0 Å². The molecule has 0 aliphatic carbocycles. The first-order valence-electron chi connectivity index (χ1n) is 7.34. The molecule has 23 heavy (non-hydrogen) atoms. The van der Waals surface area contributed by atoms with Crippen LogP contribution in [-0.4, -0.2) is 4.98 Å². The molecule has 0 atom stereocenters. The van der Waals surface area contributed by atoms with Gasteiger partial charge in [0.05, 0.1) is 17.0 Å². The van der Waals surface area contributed by atoms with Gasteiger partial charge in [-0.05, 0) is 26.0 Å². The molecular formula is C20H15ClN2. The van der Waals surface area contributed by atoms with E-state index in [-0.39, 0.29) is 0 Å². The van der Waals surface area contributed by atoms with Gasteiger partial charge in [0.25, 0.3) is 0 Å². The van der Waals surface area contributed by atoms with Crippen molar-refractivity contribution in [3.8, 4) is 28.5 Å². The molecule has 0 saturated heterocycles. The number of rotatable bonds is 2. The van der Waals surface area contributed by atoms with Gasteiger partial charge >= 0.3 is 0 Å². The predicted molar refractivity (Wildman–Crippen MR) is 94.3 cm³/mol. The molecule has 0 N–H and O–H groups in total. The number of pyridine rings is 1. The summed E-state index contributed by atoms with van der Waals surface area (Å²) in [7, 11) is 0. The molecule has 2 nitrogen and oxygen atoms in total. The zero-order valence-electron chi connectivity index (χ0n) is 13.0. The minimum absolute atomic E-state index is 0.564. The third kappa shape index (κ3) is 2.97. The molecule has 1 heterocycles. The van der Waals surface area contributed by atoms with Crippen LogP contribution in [0.4, 0.5) is 0 Å². The maximum Gasteiger partial charge on any atom is 0.102 e. The number of hydrogen-bond acceptors (Lipinski definition) is 2. The standard InChI is InChI=1S/C20H15ClN2/c1-13-7-9-15(10-8-13)20-11-17(18(12-22)14(2)23-20)16-5-3-4-6-19(16)21/h3-11H,1-2H3. The first kappa shape index (κ1) is 15.3. The van der Waals surface area contributed by atoms with E-state index in [0.717, 1.165) is 22.4 Å². The van der Waals surface area contributed by atoms with Gasteiger partial charge < -0.3 is 0 Å². The zero-order valence-corrected chi connectivity index (χ0v) is 13.7. The minimum Gasteiger partial charge on any atom is -0.252 e. The van der Waals surface area contributed by atoms with Crippen molar-refractivity contribution >= 4 is 11.6 Å². The predicted octanol–water partition coefficient (Wildman–Crippen LogP) is 5.56. The molecule has 112 valence electrons. The summed E-state index contributed by atoms with van der Waals surface area (Å²) >= 11 is 6.33. The van der Waals surface area contributed by atoms with E-state index in [1.165, 1.54) is 5.56 Å². The lowest BCUT2D eigenvalue weighted by Gasteiger charge is -2.12. The van der Waals surface area contributed by atoms with Crippen LogP contribution in [0.3, 0.4) is 0 Å². The summed E-state index contributed by atoms with van der Waals surface area (Å²) in [5.74, 6) is 0. The normalized spacial score (nSPS) is 10.3. The molecule has 0 spiro atoms. The largest absolute Gasteiger partial charge is 0.252 e. The molecule has 0 aliphatic heterocycles. The van der Waals surface area contributed by atoms with E-state index < -0.39 is 0 Å². The summed E-state index contributed by atoms with van der Waals surface area (Å²) < 4.78 is 0. The van der Waals surface area contributed by atoms with E-state index >= 15 is 0 Å². The molecule has 3 rings (SSSR count). The highest BCUT2D eigenvalue weighted by molar-refractivity contribution is 6.33. The van der Waals surface area contributed by atoms with Gasteiger partial charge in [-0.25, -0.2) is 0 Å². The Morgan fingerprint density at radius 2 is 1.65 bits per heavy atom. The Kier molecular flexibility index (Phi) is 4.14. The van der Waals surface area contributed by atoms with Crippen molar-refractivity contribution in [1.29, 1.82) is 5.26 Å². The molecular weight excluding hydrogens is 304 g/mol. The zero-order chi connectivity index (χ0) is 16.4. The van der Waals surface area contributed by atoms with E-state index in [1.807, 2.05) is 49.4 Å². The van der Waals surface area contributed by atoms with E-state index in [1.54, 1.807) is 0 Å². The van der Waals surface area contributed by atoms with Crippen LogP contribution in [0.25, 0.3) is 22.4 Å². The molecule has 0 aliphatic rings.